The molecule has 35 heavy (non-hydrogen) atoms. The van der Waals surface area contributed by atoms with E-state index in [0.29, 0.717) is 30.6 Å². The minimum atomic E-state index is -0.834. The molecular formula is C27H41N3O5. The van der Waals surface area contributed by atoms with Gasteiger partial charge in [0, 0.05) is 0 Å². The zero-order chi connectivity index (χ0) is 26.8. The van der Waals surface area contributed by atoms with E-state index >= 15 is 0 Å². The molecule has 2 rings (SSSR count). The molecule has 3 amide bonds. The van der Waals surface area contributed by atoms with Crippen LogP contribution in [0.25, 0.3) is 0 Å². The molecule has 1 aliphatic heterocycles. The molecule has 8 heteroatoms. The van der Waals surface area contributed by atoms with Crippen molar-refractivity contribution in [2.75, 3.05) is 11.4 Å². The first kappa shape index (κ1) is 28.3. The van der Waals surface area contributed by atoms with Crippen LogP contribution in [0.1, 0.15) is 93.2 Å². The van der Waals surface area contributed by atoms with Crippen molar-refractivity contribution in [2.24, 2.45) is 11.0 Å². The summed E-state index contributed by atoms with van der Waals surface area (Å²) in [5, 5.41) is 5.72. The molecule has 1 aromatic rings. The number of hydrazone groups is 1. The summed E-state index contributed by atoms with van der Waals surface area (Å²) in [5.41, 5.74) is -0.200. The number of amides is 3. The van der Waals surface area contributed by atoms with Crippen molar-refractivity contribution >= 4 is 30.0 Å². The van der Waals surface area contributed by atoms with Gasteiger partial charge in [-0.25, -0.2) is 14.5 Å². The van der Waals surface area contributed by atoms with E-state index in [-0.39, 0.29) is 11.8 Å². The molecule has 0 spiro atoms. The Kier molecular flexibility index (Phi) is 8.40. The summed E-state index contributed by atoms with van der Waals surface area (Å²) in [6, 6.07) is 5.39. The van der Waals surface area contributed by atoms with Crippen molar-refractivity contribution < 1.29 is 23.9 Å². The van der Waals surface area contributed by atoms with Crippen LogP contribution in [-0.2, 0) is 19.7 Å². The summed E-state index contributed by atoms with van der Waals surface area (Å²) in [6.07, 6.45) is 1.45. The minimum absolute atomic E-state index is 0.188. The first-order chi connectivity index (χ1) is 16.0. The average molecular weight is 488 g/mol. The van der Waals surface area contributed by atoms with E-state index in [2.05, 4.69) is 5.10 Å². The van der Waals surface area contributed by atoms with E-state index in [1.165, 1.54) is 5.01 Å². The molecule has 0 radical (unpaired) electrons. The van der Waals surface area contributed by atoms with Crippen molar-refractivity contribution in [3.05, 3.63) is 29.3 Å². The first-order valence-electron chi connectivity index (χ1n) is 12.3. The van der Waals surface area contributed by atoms with Crippen LogP contribution in [0.4, 0.5) is 15.3 Å². The van der Waals surface area contributed by atoms with Gasteiger partial charge in [-0.1, -0.05) is 33.8 Å². The molecule has 0 saturated carbocycles. The number of benzene rings is 1. The fourth-order valence-electron chi connectivity index (χ4n) is 4.04. The van der Waals surface area contributed by atoms with E-state index < -0.39 is 28.8 Å². The van der Waals surface area contributed by atoms with Crippen LogP contribution in [0.2, 0.25) is 0 Å². The smallest absolute Gasteiger partial charge is 0.430 e. The molecule has 8 nitrogen and oxygen atoms in total. The van der Waals surface area contributed by atoms with E-state index in [1.807, 2.05) is 54.5 Å². The average Bonchev–Trinajstić information content (AvgIpc) is 2.95. The summed E-state index contributed by atoms with van der Waals surface area (Å²) < 4.78 is 11.0. The highest BCUT2D eigenvalue weighted by molar-refractivity contribution is 6.21. The number of fused-ring (bicyclic) bond motifs is 1. The lowest BCUT2D eigenvalue weighted by atomic mass is 9.76. The van der Waals surface area contributed by atoms with Gasteiger partial charge in [0.2, 0.25) is 5.91 Å². The zero-order valence-corrected chi connectivity index (χ0v) is 22.9. The van der Waals surface area contributed by atoms with Crippen molar-refractivity contribution in [3.63, 3.8) is 0 Å². The summed E-state index contributed by atoms with van der Waals surface area (Å²) in [7, 11) is 0. The molecular weight excluding hydrogens is 446 g/mol. The Labute approximate surface area is 209 Å². The van der Waals surface area contributed by atoms with Crippen LogP contribution >= 0.6 is 0 Å². The number of rotatable bonds is 6. The number of nitrogens with zero attached hydrogens (tertiary/aromatic N) is 3. The predicted octanol–water partition coefficient (Wildman–Crippen LogP) is 6.25. The Morgan fingerprint density at radius 2 is 1.63 bits per heavy atom. The minimum Gasteiger partial charge on any atom is -0.443 e. The Hall–Kier alpha value is -2.90. The lowest BCUT2D eigenvalue weighted by Crippen LogP contribution is -2.44. The van der Waals surface area contributed by atoms with Gasteiger partial charge in [-0.2, -0.15) is 10.1 Å². The molecule has 1 aliphatic rings. The topological polar surface area (TPSA) is 88.5 Å². The highest BCUT2D eigenvalue weighted by Gasteiger charge is 2.51. The Morgan fingerprint density at radius 1 is 1.06 bits per heavy atom. The number of carbonyl (C=O) groups excluding carboxylic acids is 3. The molecule has 0 atom stereocenters. The first-order valence-corrected chi connectivity index (χ1v) is 12.3. The summed E-state index contributed by atoms with van der Waals surface area (Å²) >= 11 is 0. The van der Waals surface area contributed by atoms with Crippen LogP contribution in [0.5, 0.6) is 0 Å². The molecule has 0 fully saturated rings. The standard InChI is InChI=1S/C27H41N3O5/c1-11-27(12-2)20-15-19(16-28-29(17-18(3)4)23(32)34-25(5,6)7)13-14-21(20)30(22(27)31)24(33)35-26(8,9)10/h13-16,18H,11-12,17H2,1-10H3/b28-16+. The molecule has 0 unspecified atom stereocenters. The molecule has 1 aromatic carbocycles. The van der Waals surface area contributed by atoms with Gasteiger partial charge < -0.3 is 9.47 Å². The monoisotopic (exact) mass is 487 g/mol. The molecule has 0 aromatic heterocycles. The van der Waals surface area contributed by atoms with Crippen LogP contribution in [0.3, 0.4) is 0 Å². The third-order valence-corrected chi connectivity index (χ3v) is 5.66. The molecule has 0 bridgehead atoms. The van der Waals surface area contributed by atoms with Crippen molar-refractivity contribution in [1.82, 2.24) is 5.01 Å². The molecule has 1 heterocycles. The van der Waals surface area contributed by atoms with Crippen molar-refractivity contribution in [3.8, 4) is 0 Å². The summed E-state index contributed by atoms with van der Waals surface area (Å²) in [5.74, 6) is -0.0939. The van der Waals surface area contributed by atoms with E-state index in [0.717, 1.165) is 10.5 Å². The molecule has 0 saturated heterocycles. The predicted molar refractivity (Wildman–Crippen MR) is 138 cm³/mol. The second kappa shape index (κ2) is 10.4. The van der Waals surface area contributed by atoms with Crippen LogP contribution in [-0.4, -0.2) is 47.1 Å². The normalized spacial score (nSPS) is 15.5. The lowest BCUT2D eigenvalue weighted by Gasteiger charge is -2.27. The highest BCUT2D eigenvalue weighted by atomic mass is 16.6. The van der Waals surface area contributed by atoms with E-state index in [9.17, 15) is 14.4 Å². The van der Waals surface area contributed by atoms with Crippen LogP contribution in [0.15, 0.2) is 23.3 Å². The van der Waals surface area contributed by atoms with Gasteiger partial charge in [0.15, 0.2) is 0 Å². The van der Waals surface area contributed by atoms with Crippen molar-refractivity contribution in [1.29, 1.82) is 0 Å². The number of hydrogen-bond donors (Lipinski definition) is 0. The lowest BCUT2D eigenvalue weighted by molar-refractivity contribution is -0.123. The van der Waals surface area contributed by atoms with Gasteiger partial charge in [-0.3, -0.25) is 4.79 Å². The maximum atomic E-state index is 13.5. The van der Waals surface area contributed by atoms with Gasteiger partial charge >= 0.3 is 12.2 Å². The second-order valence-corrected chi connectivity index (χ2v) is 11.4. The highest BCUT2D eigenvalue weighted by Crippen LogP contribution is 2.47. The number of imide groups is 1. The van der Waals surface area contributed by atoms with E-state index in [4.69, 9.17) is 9.47 Å². The number of carbonyl (C=O) groups is 3. The summed E-state index contributed by atoms with van der Waals surface area (Å²) in [4.78, 5) is 40.3. The molecule has 194 valence electrons. The number of anilines is 1. The fraction of sp³-hybridized carbons (Fsp3) is 0.630. The fourth-order valence-corrected chi connectivity index (χ4v) is 4.04. The quantitative estimate of drug-likeness (QED) is 0.349. The zero-order valence-electron chi connectivity index (χ0n) is 22.9. The largest absolute Gasteiger partial charge is 0.443 e. The second-order valence-electron chi connectivity index (χ2n) is 11.4. The molecule has 0 N–H and O–H groups in total. The Balaban J connectivity index is 2.47. The maximum absolute atomic E-state index is 13.5. The van der Waals surface area contributed by atoms with Gasteiger partial charge in [0.1, 0.15) is 11.2 Å². The van der Waals surface area contributed by atoms with E-state index in [1.54, 1.807) is 39.1 Å². The SMILES string of the molecule is CCC1(CC)C(=O)N(C(=O)OC(C)(C)C)c2ccc(/C=N/N(CC(C)C)C(=O)OC(C)(C)C)cc21. The third-order valence-electron chi connectivity index (χ3n) is 5.66. The molecule has 0 aliphatic carbocycles. The van der Waals surface area contributed by atoms with Crippen LogP contribution < -0.4 is 4.90 Å². The van der Waals surface area contributed by atoms with Gasteiger partial charge in [-0.05, 0) is 83.6 Å². The van der Waals surface area contributed by atoms with Crippen LogP contribution in [0, 0.1) is 5.92 Å². The van der Waals surface area contributed by atoms with Gasteiger partial charge in [0.05, 0.1) is 23.9 Å². The van der Waals surface area contributed by atoms with Crippen molar-refractivity contribution in [2.45, 2.75) is 98.7 Å². The Morgan fingerprint density at radius 3 is 2.11 bits per heavy atom. The number of hydrogen-bond acceptors (Lipinski definition) is 6. The maximum Gasteiger partial charge on any atom is 0.430 e. The summed E-state index contributed by atoms with van der Waals surface area (Å²) in [6.45, 7) is 19.0. The third kappa shape index (κ3) is 6.61. The Bertz CT molecular complexity index is 982. The van der Waals surface area contributed by atoms with Gasteiger partial charge in [-0.15, -0.1) is 0 Å². The van der Waals surface area contributed by atoms with Gasteiger partial charge in [0.25, 0.3) is 0 Å². The number of ether oxygens (including phenoxy) is 2.